The lowest BCUT2D eigenvalue weighted by Crippen LogP contribution is -2.55. The van der Waals surface area contributed by atoms with Gasteiger partial charge in [-0.15, -0.1) is 0 Å². The molecule has 2 amide bonds. The number of carbonyl (C=O) groups excluding carboxylic acids is 2. The molecule has 1 fully saturated rings. The average Bonchev–Trinajstić information content (AvgIpc) is 2.82. The number of pyridine rings is 1. The van der Waals surface area contributed by atoms with E-state index in [2.05, 4.69) is 4.98 Å². The van der Waals surface area contributed by atoms with Crippen molar-refractivity contribution >= 4 is 22.7 Å². The summed E-state index contributed by atoms with van der Waals surface area (Å²) in [7, 11) is 0. The molecule has 3 heterocycles. The molecule has 1 saturated heterocycles. The fraction of sp³-hybridized carbons (Fsp3) is 0.261. The largest absolute Gasteiger partial charge is 0.485 e. The molecule has 3 aromatic rings. The third-order valence-corrected chi connectivity index (χ3v) is 5.64. The number of rotatable bonds is 2. The van der Waals surface area contributed by atoms with Crippen LogP contribution in [0.2, 0.25) is 0 Å². The van der Waals surface area contributed by atoms with Crippen molar-refractivity contribution in [1.29, 1.82) is 0 Å². The highest BCUT2D eigenvalue weighted by Crippen LogP contribution is 2.31. The summed E-state index contributed by atoms with van der Waals surface area (Å²) in [6.45, 7) is 1.72. The van der Waals surface area contributed by atoms with Crippen LogP contribution in [0.15, 0.2) is 59.4 Å². The summed E-state index contributed by atoms with van der Waals surface area (Å²) in [4.78, 5) is 44.1. The minimum absolute atomic E-state index is 0.150. The van der Waals surface area contributed by atoms with Crippen LogP contribution in [0.4, 0.5) is 0 Å². The number of ether oxygens (including phenoxy) is 2. The Morgan fingerprint density at radius 2 is 1.58 bits per heavy atom. The number of aromatic nitrogens is 1. The summed E-state index contributed by atoms with van der Waals surface area (Å²) >= 11 is 0. The maximum Gasteiger partial charge on any atom is 0.267 e. The van der Waals surface area contributed by atoms with Crippen LogP contribution in [0.25, 0.3) is 10.9 Å². The van der Waals surface area contributed by atoms with Crippen LogP contribution >= 0.6 is 0 Å². The van der Waals surface area contributed by atoms with Crippen molar-refractivity contribution in [2.75, 3.05) is 32.8 Å². The lowest BCUT2D eigenvalue weighted by Gasteiger charge is -2.37. The predicted octanol–water partition coefficient (Wildman–Crippen LogP) is 1.65. The zero-order valence-electron chi connectivity index (χ0n) is 16.7. The Kier molecular flexibility index (Phi) is 4.82. The number of hydrogen-bond donors (Lipinski definition) is 1. The second-order valence-electron chi connectivity index (χ2n) is 7.57. The van der Waals surface area contributed by atoms with E-state index in [0.29, 0.717) is 54.1 Å². The van der Waals surface area contributed by atoms with Crippen LogP contribution in [-0.2, 0) is 4.79 Å². The number of nitrogens with zero attached hydrogens (tertiary/aromatic N) is 2. The number of benzene rings is 2. The number of carbonyl (C=O) groups is 2. The summed E-state index contributed by atoms with van der Waals surface area (Å²) in [5, 5.41) is 0.706. The Balaban J connectivity index is 1.26. The number of para-hydroxylation sites is 3. The number of aromatic amines is 1. The van der Waals surface area contributed by atoms with E-state index >= 15 is 0 Å². The zero-order valence-corrected chi connectivity index (χ0v) is 16.7. The molecule has 0 aliphatic carbocycles. The normalized spacial score (nSPS) is 18.1. The van der Waals surface area contributed by atoms with E-state index in [4.69, 9.17) is 9.47 Å². The fourth-order valence-electron chi connectivity index (χ4n) is 4.03. The van der Waals surface area contributed by atoms with Crippen LogP contribution in [0.5, 0.6) is 11.5 Å². The molecule has 0 saturated carbocycles. The van der Waals surface area contributed by atoms with Gasteiger partial charge in [0.2, 0.25) is 11.7 Å². The molecule has 1 atom stereocenters. The highest BCUT2D eigenvalue weighted by Gasteiger charge is 2.33. The van der Waals surface area contributed by atoms with Gasteiger partial charge in [-0.1, -0.05) is 30.3 Å². The van der Waals surface area contributed by atoms with Gasteiger partial charge in [0.25, 0.3) is 11.8 Å². The molecule has 1 N–H and O–H groups in total. The molecule has 1 unspecified atom stereocenters. The molecule has 0 spiro atoms. The van der Waals surface area contributed by atoms with Gasteiger partial charge < -0.3 is 24.3 Å². The van der Waals surface area contributed by atoms with Gasteiger partial charge in [0, 0.05) is 43.1 Å². The summed E-state index contributed by atoms with van der Waals surface area (Å²) < 4.78 is 11.5. The van der Waals surface area contributed by atoms with E-state index in [0.717, 1.165) is 0 Å². The molecule has 1 aromatic heterocycles. The van der Waals surface area contributed by atoms with E-state index in [-0.39, 0.29) is 24.0 Å². The van der Waals surface area contributed by atoms with Crippen LogP contribution in [0.3, 0.4) is 0 Å². The van der Waals surface area contributed by atoms with Crippen molar-refractivity contribution in [3.8, 4) is 11.5 Å². The van der Waals surface area contributed by atoms with Crippen LogP contribution in [0.1, 0.15) is 10.4 Å². The molecule has 8 heteroatoms. The van der Waals surface area contributed by atoms with E-state index < -0.39 is 6.10 Å². The third-order valence-electron chi connectivity index (χ3n) is 5.64. The molecule has 158 valence electrons. The number of amides is 2. The van der Waals surface area contributed by atoms with Gasteiger partial charge in [-0.05, 0) is 18.2 Å². The first kappa shape index (κ1) is 19.2. The standard InChI is InChI=1S/C23H21N3O5/c27-21-13-16(15-5-1-2-6-17(15)24-21)22(28)25-9-11-26(12-10-25)23(29)20-14-30-18-7-3-4-8-19(18)31-20/h1-8,13,20H,9-12,14H2,(H,24,27). The van der Waals surface area contributed by atoms with Crippen molar-refractivity contribution in [2.45, 2.75) is 6.10 Å². The quantitative estimate of drug-likeness (QED) is 0.682. The maximum absolute atomic E-state index is 13.1. The number of piperazine rings is 1. The van der Waals surface area contributed by atoms with Crippen LogP contribution in [-0.4, -0.2) is 65.5 Å². The Labute approximate surface area is 178 Å². The fourth-order valence-corrected chi connectivity index (χ4v) is 4.03. The molecule has 2 aliphatic heterocycles. The maximum atomic E-state index is 13.1. The van der Waals surface area contributed by atoms with Gasteiger partial charge in [-0.2, -0.15) is 0 Å². The van der Waals surface area contributed by atoms with Crippen molar-refractivity contribution in [3.05, 3.63) is 70.5 Å². The van der Waals surface area contributed by atoms with Gasteiger partial charge in [-0.25, -0.2) is 0 Å². The van der Waals surface area contributed by atoms with E-state index in [1.54, 1.807) is 28.0 Å². The average molecular weight is 419 g/mol. The first-order valence-electron chi connectivity index (χ1n) is 10.2. The lowest BCUT2D eigenvalue weighted by atomic mass is 10.1. The van der Waals surface area contributed by atoms with Crippen molar-refractivity contribution in [1.82, 2.24) is 14.8 Å². The molecule has 31 heavy (non-hydrogen) atoms. The van der Waals surface area contributed by atoms with Crippen LogP contribution < -0.4 is 15.0 Å². The third kappa shape index (κ3) is 3.61. The molecule has 2 aromatic carbocycles. The highest BCUT2D eigenvalue weighted by molar-refractivity contribution is 6.06. The van der Waals surface area contributed by atoms with Crippen LogP contribution in [0, 0.1) is 0 Å². The predicted molar refractivity (Wildman–Crippen MR) is 113 cm³/mol. The van der Waals surface area contributed by atoms with Gasteiger partial charge in [-0.3, -0.25) is 14.4 Å². The number of H-pyrrole nitrogens is 1. The number of hydrogen-bond acceptors (Lipinski definition) is 5. The molecular formula is C23H21N3O5. The lowest BCUT2D eigenvalue weighted by molar-refractivity contribution is -0.142. The van der Waals surface area contributed by atoms with Gasteiger partial charge in [0.05, 0.1) is 5.56 Å². The van der Waals surface area contributed by atoms with Gasteiger partial charge in [0.1, 0.15) is 6.61 Å². The first-order chi connectivity index (χ1) is 15.1. The highest BCUT2D eigenvalue weighted by atomic mass is 16.6. The Bertz CT molecular complexity index is 1210. The second-order valence-corrected chi connectivity index (χ2v) is 7.57. The topological polar surface area (TPSA) is 91.9 Å². The Hall–Kier alpha value is -3.81. The summed E-state index contributed by atoms with van der Waals surface area (Å²) in [5.74, 6) is 0.831. The van der Waals surface area contributed by atoms with Crippen molar-refractivity contribution < 1.29 is 19.1 Å². The van der Waals surface area contributed by atoms with E-state index in [1.807, 2.05) is 30.3 Å². The Morgan fingerprint density at radius 3 is 2.39 bits per heavy atom. The molecule has 5 rings (SSSR count). The number of nitrogens with one attached hydrogen (secondary N) is 1. The monoisotopic (exact) mass is 419 g/mol. The smallest absolute Gasteiger partial charge is 0.267 e. The molecule has 0 radical (unpaired) electrons. The van der Waals surface area contributed by atoms with Gasteiger partial charge >= 0.3 is 0 Å². The Morgan fingerprint density at radius 1 is 0.903 bits per heavy atom. The minimum atomic E-state index is -0.700. The molecule has 2 aliphatic rings. The molecular weight excluding hydrogens is 398 g/mol. The minimum Gasteiger partial charge on any atom is -0.485 e. The van der Waals surface area contributed by atoms with E-state index in [9.17, 15) is 14.4 Å². The molecule has 8 nitrogen and oxygen atoms in total. The SMILES string of the molecule is O=C(c1cc(=O)[nH]c2ccccc12)N1CCN(C(=O)C2COc3ccccc3O2)CC1. The summed E-state index contributed by atoms with van der Waals surface area (Å²) in [6.07, 6.45) is -0.700. The van der Waals surface area contributed by atoms with Crippen molar-refractivity contribution in [2.24, 2.45) is 0 Å². The summed E-state index contributed by atoms with van der Waals surface area (Å²) in [5.41, 5.74) is 0.687. The van der Waals surface area contributed by atoms with E-state index in [1.165, 1.54) is 6.07 Å². The van der Waals surface area contributed by atoms with Gasteiger partial charge in [0.15, 0.2) is 11.5 Å². The second kappa shape index (κ2) is 7.79. The zero-order chi connectivity index (χ0) is 21.4. The molecule has 0 bridgehead atoms. The number of fused-ring (bicyclic) bond motifs is 2. The van der Waals surface area contributed by atoms with Crippen molar-refractivity contribution in [3.63, 3.8) is 0 Å². The first-order valence-corrected chi connectivity index (χ1v) is 10.2. The summed E-state index contributed by atoms with van der Waals surface area (Å²) in [6, 6.07) is 15.8.